The lowest BCUT2D eigenvalue weighted by Crippen LogP contribution is -2.13. The maximum absolute atomic E-state index is 12.1. The van der Waals surface area contributed by atoms with Crippen LogP contribution < -0.4 is 0 Å². The van der Waals surface area contributed by atoms with E-state index < -0.39 is 5.97 Å². The van der Waals surface area contributed by atoms with Gasteiger partial charge in [0.2, 0.25) is 5.78 Å². The minimum absolute atomic E-state index is 0.186. The van der Waals surface area contributed by atoms with E-state index in [2.05, 4.69) is 0 Å². The Morgan fingerprint density at radius 1 is 1.38 bits per heavy atom. The second kappa shape index (κ2) is 6.54. The van der Waals surface area contributed by atoms with Gasteiger partial charge in [0.05, 0.1) is 0 Å². The van der Waals surface area contributed by atoms with Crippen molar-refractivity contribution in [1.82, 2.24) is 4.57 Å². The van der Waals surface area contributed by atoms with Crippen molar-refractivity contribution in [2.45, 2.75) is 13.8 Å². The molecular formula is C16H17NO3S. The lowest BCUT2D eigenvalue weighted by molar-refractivity contribution is -0.136. The quantitative estimate of drug-likeness (QED) is 0.484. The predicted octanol–water partition coefficient (Wildman–Crippen LogP) is 3.14. The first-order chi connectivity index (χ1) is 9.99. The highest BCUT2D eigenvalue weighted by Crippen LogP contribution is 2.14. The lowest BCUT2D eigenvalue weighted by Gasteiger charge is -2.03. The molecule has 0 aliphatic carbocycles. The number of hydrogen-bond donors (Lipinski definition) is 0. The van der Waals surface area contributed by atoms with E-state index in [-0.39, 0.29) is 12.4 Å². The molecule has 4 nitrogen and oxygen atoms in total. The molecule has 0 fully saturated rings. The zero-order valence-electron chi connectivity index (χ0n) is 12.3. The normalized spacial score (nSPS) is 11.0. The summed E-state index contributed by atoms with van der Waals surface area (Å²) in [5, 5.41) is 1.93. The Morgan fingerprint density at radius 2 is 2.14 bits per heavy atom. The fourth-order valence-corrected chi connectivity index (χ4v) is 2.55. The van der Waals surface area contributed by atoms with Gasteiger partial charge in [0.25, 0.3) is 0 Å². The smallest absolute Gasteiger partial charge is 0.331 e. The van der Waals surface area contributed by atoms with E-state index in [1.807, 2.05) is 49.0 Å². The summed E-state index contributed by atoms with van der Waals surface area (Å²) in [6.07, 6.45) is 3.01. The summed E-state index contributed by atoms with van der Waals surface area (Å²) in [6.45, 7) is 3.57. The van der Waals surface area contributed by atoms with Crippen molar-refractivity contribution in [3.05, 3.63) is 51.5 Å². The fourth-order valence-electron chi connectivity index (χ4n) is 1.94. The summed E-state index contributed by atoms with van der Waals surface area (Å²) in [5.74, 6) is -0.698. The molecule has 110 valence electrons. The van der Waals surface area contributed by atoms with Crippen molar-refractivity contribution in [2.75, 3.05) is 6.61 Å². The average molecular weight is 303 g/mol. The number of nitrogens with zero attached hydrogens (tertiary/aromatic N) is 1. The van der Waals surface area contributed by atoms with Crippen molar-refractivity contribution in [1.29, 1.82) is 0 Å². The Kier molecular flexibility index (Phi) is 4.75. The zero-order chi connectivity index (χ0) is 15.4. The van der Waals surface area contributed by atoms with Crippen LogP contribution in [-0.4, -0.2) is 22.9 Å². The highest BCUT2D eigenvalue weighted by atomic mass is 32.1. The molecule has 21 heavy (non-hydrogen) atoms. The number of rotatable bonds is 5. The maximum atomic E-state index is 12.1. The second-order valence-corrected chi connectivity index (χ2v) is 5.70. The molecule has 0 bridgehead atoms. The van der Waals surface area contributed by atoms with Crippen LogP contribution >= 0.6 is 11.3 Å². The molecule has 0 atom stereocenters. The molecule has 0 unspecified atom stereocenters. The average Bonchev–Trinajstić information content (AvgIpc) is 3.07. The number of thiophene rings is 1. The molecule has 0 N–H and O–H groups in total. The van der Waals surface area contributed by atoms with Gasteiger partial charge in [0.1, 0.15) is 0 Å². The molecule has 2 aromatic heterocycles. The predicted molar refractivity (Wildman–Crippen MR) is 83.5 cm³/mol. The Bertz CT molecular complexity index is 681. The van der Waals surface area contributed by atoms with Crippen LogP contribution in [0, 0.1) is 13.8 Å². The summed E-state index contributed by atoms with van der Waals surface area (Å²) in [5.41, 5.74) is 2.48. The topological polar surface area (TPSA) is 48.3 Å². The van der Waals surface area contributed by atoms with Gasteiger partial charge in [0, 0.05) is 35.0 Å². The molecule has 0 aliphatic rings. The van der Waals surface area contributed by atoms with E-state index in [1.54, 1.807) is 6.08 Å². The van der Waals surface area contributed by atoms with Gasteiger partial charge in [-0.1, -0.05) is 6.07 Å². The summed E-state index contributed by atoms with van der Waals surface area (Å²) < 4.78 is 6.92. The number of hydrogen-bond acceptors (Lipinski definition) is 4. The first-order valence-electron chi connectivity index (χ1n) is 6.53. The first-order valence-corrected chi connectivity index (χ1v) is 7.41. The standard InChI is InChI=1S/C16H17NO3S/c1-11-9-14(12(2)17(11)3)15(18)10-20-16(19)7-6-13-5-4-8-21-13/h4-9H,10H2,1-3H3/b7-6+. The van der Waals surface area contributed by atoms with Gasteiger partial charge in [-0.05, 0) is 37.4 Å². The number of carbonyl (C=O) groups is 2. The van der Waals surface area contributed by atoms with E-state index in [0.717, 1.165) is 16.3 Å². The highest BCUT2D eigenvalue weighted by Gasteiger charge is 2.15. The van der Waals surface area contributed by atoms with E-state index >= 15 is 0 Å². The van der Waals surface area contributed by atoms with Crippen LogP contribution in [0.4, 0.5) is 0 Å². The first kappa shape index (κ1) is 15.3. The Morgan fingerprint density at radius 3 is 2.71 bits per heavy atom. The van der Waals surface area contributed by atoms with E-state index in [4.69, 9.17) is 4.74 Å². The number of Topliss-reactive ketones (excluding diaryl/α,β-unsaturated/α-hetero) is 1. The van der Waals surface area contributed by atoms with Crippen LogP contribution in [0.25, 0.3) is 6.08 Å². The zero-order valence-corrected chi connectivity index (χ0v) is 13.1. The van der Waals surface area contributed by atoms with Crippen LogP contribution in [0.1, 0.15) is 26.6 Å². The SMILES string of the molecule is Cc1cc(C(=O)COC(=O)/C=C/c2cccs2)c(C)n1C. The Labute approximate surface area is 127 Å². The number of esters is 1. The van der Waals surface area contributed by atoms with Crippen LogP contribution in [0.15, 0.2) is 29.7 Å². The molecule has 2 rings (SSSR count). The third-order valence-corrected chi connectivity index (χ3v) is 4.19. The number of aromatic nitrogens is 1. The molecule has 5 heteroatoms. The number of ketones is 1. The van der Waals surface area contributed by atoms with Crippen LogP contribution in [0.2, 0.25) is 0 Å². The number of carbonyl (C=O) groups excluding carboxylic acids is 2. The van der Waals surface area contributed by atoms with Crippen molar-refractivity contribution in [3.63, 3.8) is 0 Å². The second-order valence-electron chi connectivity index (χ2n) is 4.72. The van der Waals surface area contributed by atoms with Gasteiger partial charge in [-0.25, -0.2) is 4.79 Å². The van der Waals surface area contributed by atoms with E-state index in [1.165, 1.54) is 17.4 Å². The molecule has 0 aromatic carbocycles. The molecule has 0 aliphatic heterocycles. The Balaban J connectivity index is 1.92. The number of aryl methyl sites for hydroxylation is 1. The van der Waals surface area contributed by atoms with Crippen LogP contribution in [-0.2, 0) is 16.6 Å². The van der Waals surface area contributed by atoms with E-state index in [0.29, 0.717) is 5.56 Å². The summed E-state index contributed by atoms with van der Waals surface area (Å²) in [4.78, 5) is 24.6. The van der Waals surface area contributed by atoms with Crippen LogP contribution in [0.5, 0.6) is 0 Å². The minimum atomic E-state index is -0.512. The molecule has 0 saturated carbocycles. The lowest BCUT2D eigenvalue weighted by atomic mass is 10.1. The maximum Gasteiger partial charge on any atom is 0.331 e. The summed E-state index contributed by atoms with van der Waals surface area (Å²) in [6, 6.07) is 5.61. The molecule has 0 amide bonds. The van der Waals surface area contributed by atoms with Crippen molar-refractivity contribution >= 4 is 29.2 Å². The van der Waals surface area contributed by atoms with Gasteiger partial charge in [-0.15, -0.1) is 11.3 Å². The van der Waals surface area contributed by atoms with Crippen molar-refractivity contribution in [3.8, 4) is 0 Å². The summed E-state index contributed by atoms with van der Waals surface area (Å²) in [7, 11) is 1.90. The fraction of sp³-hybridized carbons (Fsp3) is 0.250. The molecule has 0 radical (unpaired) electrons. The van der Waals surface area contributed by atoms with Crippen molar-refractivity contribution in [2.24, 2.45) is 7.05 Å². The van der Waals surface area contributed by atoms with Crippen molar-refractivity contribution < 1.29 is 14.3 Å². The van der Waals surface area contributed by atoms with Gasteiger partial charge in [-0.2, -0.15) is 0 Å². The van der Waals surface area contributed by atoms with Gasteiger partial charge >= 0.3 is 5.97 Å². The largest absolute Gasteiger partial charge is 0.454 e. The van der Waals surface area contributed by atoms with Crippen LogP contribution in [0.3, 0.4) is 0 Å². The third kappa shape index (κ3) is 3.70. The molecule has 0 saturated heterocycles. The molecule has 0 spiro atoms. The van der Waals surface area contributed by atoms with Gasteiger partial charge in [-0.3, -0.25) is 4.79 Å². The monoisotopic (exact) mass is 303 g/mol. The molecule has 2 aromatic rings. The minimum Gasteiger partial charge on any atom is -0.454 e. The van der Waals surface area contributed by atoms with E-state index in [9.17, 15) is 9.59 Å². The highest BCUT2D eigenvalue weighted by molar-refractivity contribution is 7.10. The molecule has 2 heterocycles. The van der Waals surface area contributed by atoms with Gasteiger partial charge < -0.3 is 9.30 Å². The van der Waals surface area contributed by atoms with Gasteiger partial charge in [0.15, 0.2) is 6.61 Å². The molecular weight excluding hydrogens is 286 g/mol. The summed E-state index contributed by atoms with van der Waals surface area (Å²) >= 11 is 1.53. The third-order valence-electron chi connectivity index (χ3n) is 3.35. The Hall–Kier alpha value is -2.14. The number of ether oxygens (including phenoxy) is 1.